The summed E-state index contributed by atoms with van der Waals surface area (Å²) in [6, 6.07) is 13.8. The predicted molar refractivity (Wildman–Crippen MR) is 139 cm³/mol. The van der Waals surface area contributed by atoms with Crippen LogP contribution in [0.3, 0.4) is 0 Å². The second-order valence-electron chi connectivity index (χ2n) is 9.12. The van der Waals surface area contributed by atoms with Crippen molar-refractivity contribution in [3.05, 3.63) is 88.9 Å². The summed E-state index contributed by atoms with van der Waals surface area (Å²) in [4.78, 5) is 31.2. The zero-order chi connectivity index (χ0) is 25.4. The van der Waals surface area contributed by atoms with Gasteiger partial charge in [0.05, 0.1) is 48.8 Å². The molecule has 1 aliphatic heterocycles. The Bertz CT molecular complexity index is 1650. The van der Waals surface area contributed by atoms with Crippen molar-refractivity contribution in [2.75, 3.05) is 20.3 Å². The molecule has 2 atom stereocenters. The van der Waals surface area contributed by atoms with Gasteiger partial charge in [-0.15, -0.1) is 0 Å². The van der Waals surface area contributed by atoms with Crippen molar-refractivity contribution in [3.63, 3.8) is 0 Å². The second kappa shape index (κ2) is 9.68. The molecule has 0 bridgehead atoms. The number of pyridine rings is 1. The zero-order valence-corrected chi connectivity index (χ0v) is 20.2. The van der Waals surface area contributed by atoms with E-state index in [0.717, 1.165) is 33.2 Å². The molecule has 2 aromatic carbocycles. The Morgan fingerprint density at radius 2 is 1.86 bits per heavy atom. The smallest absolute Gasteiger partial charge is 0.316 e. The minimum absolute atomic E-state index is 0.159. The monoisotopic (exact) mass is 495 g/mol. The SMILES string of the molecule is COc1ncc(-c2cc(Cc3cc4c(=O)n([C@H]5CCOC[C@@H]5O)cnc4c4ccccc34)ccn2)cn1. The molecule has 0 aliphatic carbocycles. The number of aromatic nitrogens is 5. The van der Waals surface area contributed by atoms with Crippen LogP contribution >= 0.6 is 0 Å². The van der Waals surface area contributed by atoms with Crippen molar-refractivity contribution in [3.8, 4) is 17.3 Å². The van der Waals surface area contributed by atoms with Crippen LogP contribution in [0.2, 0.25) is 0 Å². The first-order valence-electron chi connectivity index (χ1n) is 12.1. The molecule has 6 rings (SSSR count). The molecular formula is C28H25N5O4. The summed E-state index contributed by atoms with van der Waals surface area (Å²) in [5.74, 6) is 0. The molecule has 186 valence electrons. The highest BCUT2D eigenvalue weighted by Gasteiger charge is 2.27. The third-order valence-electron chi connectivity index (χ3n) is 6.85. The largest absolute Gasteiger partial charge is 0.467 e. The lowest BCUT2D eigenvalue weighted by Gasteiger charge is -2.29. The summed E-state index contributed by atoms with van der Waals surface area (Å²) in [6.45, 7) is 0.709. The summed E-state index contributed by atoms with van der Waals surface area (Å²) >= 11 is 0. The van der Waals surface area contributed by atoms with Gasteiger partial charge in [0, 0.05) is 36.1 Å². The van der Waals surface area contributed by atoms with Crippen LogP contribution in [0.5, 0.6) is 6.01 Å². The molecule has 0 saturated carbocycles. The van der Waals surface area contributed by atoms with E-state index >= 15 is 0 Å². The van der Waals surface area contributed by atoms with E-state index in [0.29, 0.717) is 36.4 Å². The topological polar surface area (TPSA) is 112 Å². The Kier molecular flexibility index (Phi) is 6.07. The highest BCUT2D eigenvalue weighted by atomic mass is 16.5. The van der Waals surface area contributed by atoms with Crippen LogP contribution in [-0.4, -0.2) is 56.0 Å². The molecule has 9 heteroatoms. The van der Waals surface area contributed by atoms with Crippen LogP contribution in [0.25, 0.3) is 32.9 Å². The lowest BCUT2D eigenvalue weighted by molar-refractivity contribution is -0.0395. The number of fused-ring (bicyclic) bond motifs is 3. The van der Waals surface area contributed by atoms with Gasteiger partial charge in [0.25, 0.3) is 5.56 Å². The average Bonchev–Trinajstić information content (AvgIpc) is 2.94. The molecule has 4 heterocycles. The minimum Gasteiger partial charge on any atom is -0.467 e. The van der Waals surface area contributed by atoms with Crippen LogP contribution in [0, 0.1) is 0 Å². The fourth-order valence-electron chi connectivity index (χ4n) is 4.98. The third kappa shape index (κ3) is 4.32. The van der Waals surface area contributed by atoms with Gasteiger partial charge in [0.1, 0.15) is 0 Å². The first-order chi connectivity index (χ1) is 18.1. The van der Waals surface area contributed by atoms with E-state index in [-0.39, 0.29) is 18.2 Å². The minimum atomic E-state index is -0.747. The van der Waals surface area contributed by atoms with Gasteiger partial charge in [-0.1, -0.05) is 24.3 Å². The van der Waals surface area contributed by atoms with Crippen LogP contribution in [-0.2, 0) is 11.2 Å². The fraction of sp³-hybridized carbons (Fsp3) is 0.250. The quantitative estimate of drug-likeness (QED) is 0.370. The molecular weight excluding hydrogens is 470 g/mol. The number of methoxy groups -OCH3 is 1. The van der Waals surface area contributed by atoms with E-state index in [1.165, 1.54) is 7.11 Å². The van der Waals surface area contributed by atoms with E-state index in [1.807, 2.05) is 36.4 Å². The number of benzene rings is 2. The van der Waals surface area contributed by atoms with Gasteiger partial charge in [-0.25, -0.2) is 15.0 Å². The van der Waals surface area contributed by atoms with Crippen LogP contribution in [0.15, 0.2) is 72.2 Å². The molecule has 37 heavy (non-hydrogen) atoms. The van der Waals surface area contributed by atoms with E-state index in [1.54, 1.807) is 29.5 Å². The number of ether oxygens (including phenoxy) is 2. The van der Waals surface area contributed by atoms with Crippen LogP contribution in [0.4, 0.5) is 0 Å². The standard InChI is InChI=1S/C28H25N5O4/c1-36-28-30-13-19(14-31-28)23-11-17(6-8-29-23)10-18-12-22-26(21-5-3-2-4-20(18)21)32-16-33(27(22)35)24-7-9-37-15-25(24)34/h2-6,8,11-14,16,24-25,34H,7,9-10,15H2,1H3/t24-,25-/m0/s1. The van der Waals surface area contributed by atoms with Crippen LogP contribution in [0.1, 0.15) is 23.6 Å². The number of rotatable bonds is 5. The first kappa shape index (κ1) is 23.2. The van der Waals surface area contributed by atoms with E-state index < -0.39 is 6.10 Å². The summed E-state index contributed by atoms with van der Waals surface area (Å²) in [7, 11) is 1.53. The third-order valence-corrected chi connectivity index (χ3v) is 6.85. The Morgan fingerprint density at radius 1 is 1.05 bits per heavy atom. The van der Waals surface area contributed by atoms with Gasteiger partial charge in [-0.05, 0) is 47.6 Å². The molecule has 5 aromatic rings. The van der Waals surface area contributed by atoms with Crippen molar-refractivity contribution >= 4 is 21.7 Å². The van der Waals surface area contributed by atoms with Gasteiger partial charge >= 0.3 is 6.01 Å². The van der Waals surface area contributed by atoms with Gasteiger partial charge in [0.2, 0.25) is 0 Å². The predicted octanol–water partition coefficient (Wildman–Crippen LogP) is 3.32. The van der Waals surface area contributed by atoms with E-state index in [4.69, 9.17) is 9.47 Å². The van der Waals surface area contributed by atoms with Crippen molar-refractivity contribution < 1.29 is 14.6 Å². The van der Waals surface area contributed by atoms with Gasteiger partial charge in [-0.2, -0.15) is 0 Å². The number of aliphatic hydroxyl groups excluding tert-OH is 1. The highest BCUT2D eigenvalue weighted by molar-refractivity contribution is 6.06. The fourth-order valence-corrected chi connectivity index (χ4v) is 4.98. The van der Waals surface area contributed by atoms with Crippen molar-refractivity contribution in [2.45, 2.75) is 25.0 Å². The van der Waals surface area contributed by atoms with Crippen LogP contribution < -0.4 is 10.3 Å². The molecule has 1 aliphatic rings. The lowest BCUT2D eigenvalue weighted by Crippen LogP contribution is -2.39. The number of aliphatic hydroxyl groups is 1. The summed E-state index contributed by atoms with van der Waals surface area (Å²) in [6.07, 6.45) is 7.09. The number of hydrogen-bond donors (Lipinski definition) is 1. The van der Waals surface area contributed by atoms with E-state index in [2.05, 4.69) is 26.0 Å². The van der Waals surface area contributed by atoms with Gasteiger partial charge < -0.3 is 14.6 Å². The normalized spacial score (nSPS) is 17.8. The Balaban J connectivity index is 1.44. The number of nitrogens with zero attached hydrogens (tertiary/aromatic N) is 5. The maximum absolute atomic E-state index is 13.6. The average molecular weight is 496 g/mol. The summed E-state index contributed by atoms with van der Waals surface area (Å²) in [5.41, 5.74) is 4.09. The van der Waals surface area contributed by atoms with Gasteiger partial charge in [-0.3, -0.25) is 14.3 Å². The molecule has 1 fully saturated rings. The maximum Gasteiger partial charge on any atom is 0.316 e. The summed E-state index contributed by atoms with van der Waals surface area (Å²) < 4.78 is 12.0. The molecule has 0 radical (unpaired) electrons. The molecule has 3 aromatic heterocycles. The number of hydrogen-bond acceptors (Lipinski definition) is 8. The Labute approximate surface area is 212 Å². The van der Waals surface area contributed by atoms with Crippen molar-refractivity contribution in [1.82, 2.24) is 24.5 Å². The molecule has 0 spiro atoms. The summed E-state index contributed by atoms with van der Waals surface area (Å²) in [5, 5.41) is 12.9. The lowest BCUT2D eigenvalue weighted by atomic mass is 9.95. The molecule has 0 amide bonds. The first-order valence-corrected chi connectivity index (χ1v) is 12.1. The highest BCUT2D eigenvalue weighted by Crippen LogP contribution is 2.29. The molecule has 0 unspecified atom stereocenters. The molecule has 9 nitrogen and oxygen atoms in total. The Hall–Kier alpha value is -4.21. The molecule has 1 saturated heterocycles. The zero-order valence-electron chi connectivity index (χ0n) is 20.2. The van der Waals surface area contributed by atoms with E-state index in [9.17, 15) is 9.90 Å². The maximum atomic E-state index is 13.6. The Morgan fingerprint density at radius 3 is 2.65 bits per heavy atom. The van der Waals surface area contributed by atoms with Gasteiger partial charge in [0.15, 0.2) is 0 Å². The van der Waals surface area contributed by atoms with Crippen molar-refractivity contribution in [2.24, 2.45) is 0 Å². The second-order valence-corrected chi connectivity index (χ2v) is 9.12. The van der Waals surface area contributed by atoms with Crippen molar-refractivity contribution in [1.29, 1.82) is 0 Å². The molecule has 1 N–H and O–H groups in total.